The number of anilines is 2. The summed E-state index contributed by atoms with van der Waals surface area (Å²) in [7, 11) is 8.45. The van der Waals surface area contributed by atoms with Crippen molar-refractivity contribution in [2.75, 3.05) is 46.1 Å². The Kier molecular flexibility index (Phi) is 6.93. The molecule has 150 valence electrons. The van der Waals surface area contributed by atoms with Crippen molar-refractivity contribution in [3.63, 3.8) is 0 Å². The van der Waals surface area contributed by atoms with Crippen LogP contribution in [0.1, 0.15) is 29.3 Å². The molecule has 0 unspecified atom stereocenters. The van der Waals surface area contributed by atoms with Crippen molar-refractivity contribution in [1.82, 2.24) is 0 Å². The molecule has 28 heavy (non-hydrogen) atoms. The van der Waals surface area contributed by atoms with E-state index >= 15 is 0 Å². The van der Waals surface area contributed by atoms with E-state index in [0.29, 0.717) is 40.5 Å². The van der Waals surface area contributed by atoms with Gasteiger partial charge in [0.15, 0.2) is 17.3 Å². The molecule has 0 aliphatic rings. The van der Waals surface area contributed by atoms with Crippen molar-refractivity contribution in [1.29, 1.82) is 0 Å². The van der Waals surface area contributed by atoms with Gasteiger partial charge in [0.25, 0.3) is 0 Å². The first kappa shape index (κ1) is 21.2. The van der Waals surface area contributed by atoms with Crippen molar-refractivity contribution in [2.24, 2.45) is 0 Å². The monoisotopic (exact) mass is 384 g/mol. The highest BCUT2D eigenvalue weighted by atomic mass is 16.5. The number of benzene rings is 2. The van der Waals surface area contributed by atoms with Crippen molar-refractivity contribution in [3.8, 4) is 17.2 Å². The number of hydrogen-bond donors (Lipinski definition) is 1. The first-order chi connectivity index (χ1) is 13.4. The van der Waals surface area contributed by atoms with Crippen LogP contribution in [0, 0.1) is 0 Å². The predicted molar refractivity (Wildman–Crippen MR) is 114 cm³/mol. The van der Waals surface area contributed by atoms with Gasteiger partial charge in [-0.25, -0.2) is 0 Å². The molecule has 0 fully saturated rings. The lowest BCUT2D eigenvalue weighted by Gasteiger charge is -2.16. The van der Waals surface area contributed by atoms with Crippen LogP contribution in [0.25, 0.3) is 6.08 Å². The highest BCUT2D eigenvalue weighted by molar-refractivity contribution is 6.12. The molecule has 0 amide bonds. The predicted octanol–water partition coefficient (Wildman–Crippen LogP) is 4.04. The number of carbonyl (C=O) groups is 1. The summed E-state index contributed by atoms with van der Waals surface area (Å²) in [6, 6.07) is 9.05. The average Bonchev–Trinajstić information content (AvgIpc) is 2.71. The quantitative estimate of drug-likeness (QED) is 0.421. The Labute approximate surface area is 166 Å². The lowest BCUT2D eigenvalue weighted by Crippen LogP contribution is -2.11. The number of Topliss-reactive ketones (excluding diaryl/α,β-unsaturated/α-hetero) is 1. The Morgan fingerprint density at radius 2 is 1.64 bits per heavy atom. The Hall–Kier alpha value is -3.15. The van der Waals surface area contributed by atoms with Crippen LogP contribution >= 0.6 is 0 Å². The van der Waals surface area contributed by atoms with Crippen molar-refractivity contribution >= 4 is 23.2 Å². The Morgan fingerprint density at radius 3 is 2.11 bits per heavy atom. The molecular formula is C22H28N2O4. The maximum absolute atomic E-state index is 13.1. The van der Waals surface area contributed by atoms with Crippen molar-refractivity contribution in [3.05, 3.63) is 47.0 Å². The number of rotatable bonds is 8. The zero-order valence-electron chi connectivity index (χ0n) is 17.3. The van der Waals surface area contributed by atoms with Gasteiger partial charge in [0.1, 0.15) is 0 Å². The Morgan fingerprint density at radius 1 is 1.04 bits per heavy atom. The fraction of sp³-hybridized carbons (Fsp3) is 0.318. The third kappa shape index (κ3) is 4.39. The summed E-state index contributed by atoms with van der Waals surface area (Å²) in [6.07, 6.45) is 2.47. The molecule has 0 aromatic heterocycles. The van der Waals surface area contributed by atoms with Crippen LogP contribution in [0.3, 0.4) is 0 Å². The van der Waals surface area contributed by atoms with Gasteiger partial charge in [0.05, 0.1) is 32.7 Å². The summed E-state index contributed by atoms with van der Waals surface area (Å²) in [5, 5.41) is 0. The number of ether oxygens (including phenoxy) is 3. The van der Waals surface area contributed by atoms with Gasteiger partial charge < -0.3 is 24.8 Å². The zero-order chi connectivity index (χ0) is 20.8. The number of nitrogens with zero attached hydrogens (tertiary/aromatic N) is 1. The highest BCUT2D eigenvalue weighted by Gasteiger charge is 2.19. The SMILES string of the molecule is CCC(=Cc1ccc(N)c(N(C)C)c1)C(=O)c1cc(OC)c(OC)c(OC)c1. The molecule has 0 saturated heterocycles. The first-order valence-electron chi connectivity index (χ1n) is 8.98. The molecular weight excluding hydrogens is 356 g/mol. The third-order valence-electron chi connectivity index (χ3n) is 4.48. The van der Waals surface area contributed by atoms with Crippen LogP contribution in [-0.4, -0.2) is 41.2 Å². The summed E-state index contributed by atoms with van der Waals surface area (Å²) in [6.45, 7) is 1.95. The first-order valence-corrected chi connectivity index (χ1v) is 8.98. The van der Waals surface area contributed by atoms with E-state index in [1.807, 2.05) is 50.2 Å². The van der Waals surface area contributed by atoms with Crippen LogP contribution in [0.4, 0.5) is 11.4 Å². The molecule has 6 heteroatoms. The smallest absolute Gasteiger partial charge is 0.203 e. The summed E-state index contributed by atoms with van der Waals surface area (Å²) in [4.78, 5) is 15.1. The largest absolute Gasteiger partial charge is 0.493 e. The van der Waals surface area contributed by atoms with Crippen LogP contribution in [-0.2, 0) is 0 Å². The normalized spacial score (nSPS) is 11.1. The van der Waals surface area contributed by atoms with E-state index in [-0.39, 0.29) is 5.78 Å². The van der Waals surface area contributed by atoms with E-state index in [4.69, 9.17) is 19.9 Å². The maximum atomic E-state index is 13.1. The molecule has 2 rings (SSSR count). The van der Waals surface area contributed by atoms with Crippen LogP contribution in [0.15, 0.2) is 35.9 Å². The van der Waals surface area contributed by atoms with Gasteiger partial charge in [-0.15, -0.1) is 0 Å². The standard InChI is InChI=1S/C22H28N2O4/c1-7-15(10-14-8-9-17(23)18(11-14)24(2)3)21(25)16-12-19(26-4)22(28-6)20(13-16)27-5/h8-13H,7,23H2,1-6H3. The Balaban J connectivity index is 2.49. The third-order valence-corrected chi connectivity index (χ3v) is 4.48. The molecule has 0 heterocycles. The Bertz CT molecular complexity index is 863. The molecule has 0 spiro atoms. The lowest BCUT2D eigenvalue weighted by atomic mass is 9.98. The van der Waals surface area contributed by atoms with Crippen LogP contribution in [0.5, 0.6) is 17.2 Å². The van der Waals surface area contributed by atoms with Gasteiger partial charge in [-0.3, -0.25) is 4.79 Å². The second-order valence-corrected chi connectivity index (χ2v) is 6.48. The number of methoxy groups -OCH3 is 3. The molecule has 0 aliphatic carbocycles. The van der Waals surface area contributed by atoms with Gasteiger partial charge in [0, 0.05) is 25.2 Å². The van der Waals surface area contributed by atoms with Crippen molar-refractivity contribution in [2.45, 2.75) is 13.3 Å². The molecule has 2 aromatic rings. The summed E-state index contributed by atoms with van der Waals surface area (Å²) >= 11 is 0. The number of ketones is 1. The molecule has 2 aromatic carbocycles. The fourth-order valence-electron chi connectivity index (χ4n) is 2.96. The van der Waals surface area contributed by atoms with E-state index in [1.165, 1.54) is 21.3 Å². The molecule has 0 bridgehead atoms. The van der Waals surface area contributed by atoms with Gasteiger partial charge in [-0.2, -0.15) is 0 Å². The summed E-state index contributed by atoms with van der Waals surface area (Å²) in [5.41, 5.74) is 9.68. The van der Waals surface area contributed by atoms with Crippen LogP contribution in [0.2, 0.25) is 0 Å². The van der Waals surface area contributed by atoms with E-state index in [1.54, 1.807) is 12.1 Å². The highest BCUT2D eigenvalue weighted by Crippen LogP contribution is 2.39. The molecule has 0 aliphatic heterocycles. The van der Waals surface area contributed by atoms with Gasteiger partial charge in [0.2, 0.25) is 5.75 Å². The fourth-order valence-corrected chi connectivity index (χ4v) is 2.96. The van der Waals surface area contributed by atoms with E-state index in [2.05, 4.69) is 0 Å². The maximum Gasteiger partial charge on any atom is 0.203 e. The second kappa shape index (κ2) is 9.17. The number of nitrogen functional groups attached to an aromatic ring is 1. The molecule has 6 nitrogen and oxygen atoms in total. The molecule has 0 radical (unpaired) electrons. The molecule has 2 N–H and O–H groups in total. The molecule has 0 atom stereocenters. The van der Waals surface area contributed by atoms with Gasteiger partial charge in [-0.05, 0) is 42.3 Å². The van der Waals surface area contributed by atoms with E-state index in [0.717, 1.165) is 11.3 Å². The van der Waals surface area contributed by atoms with Gasteiger partial charge >= 0.3 is 0 Å². The van der Waals surface area contributed by atoms with E-state index < -0.39 is 0 Å². The van der Waals surface area contributed by atoms with E-state index in [9.17, 15) is 4.79 Å². The zero-order valence-corrected chi connectivity index (χ0v) is 17.3. The number of nitrogens with two attached hydrogens (primary N) is 1. The lowest BCUT2D eigenvalue weighted by molar-refractivity contribution is 0.103. The number of hydrogen-bond acceptors (Lipinski definition) is 6. The number of carbonyl (C=O) groups excluding carboxylic acids is 1. The van der Waals surface area contributed by atoms with Gasteiger partial charge in [-0.1, -0.05) is 13.0 Å². The topological polar surface area (TPSA) is 74.0 Å². The minimum atomic E-state index is -0.0926. The summed E-state index contributed by atoms with van der Waals surface area (Å²) in [5.74, 6) is 1.26. The molecule has 0 saturated carbocycles. The minimum absolute atomic E-state index is 0.0926. The average molecular weight is 384 g/mol. The minimum Gasteiger partial charge on any atom is -0.493 e. The number of allylic oxidation sites excluding steroid dienone is 1. The van der Waals surface area contributed by atoms with Crippen LogP contribution < -0.4 is 24.8 Å². The van der Waals surface area contributed by atoms with Crippen molar-refractivity contribution < 1.29 is 19.0 Å². The second-order valence-electron chi connectivity index (χ2n) is 6.48. The summed E-state index contributed by atoms with van der Waals surface area (Å²) < 4.78 is 16.1.